The molecule has 0 saturated heterocycles. The lowest BCUT2D eigenvalue weighted by atomic mass is 10.3. The molecule has 0 saturated carbocycles. The molecule has 0 spiro atoms. The minimum absolute atomic E-state index is 0.0455. The normalized spacial score (nSPS) is 10.9. The Bertz CT molecular complexity index is 695. The molecule has 0 aliphatic heterocycles. The van der Waals surface area contributed by atoms with Crippen LogP contribution in [0.3, 0.4) is 0 Å². The van der Waals surface area contributed by atoms with E-state index in [1.807, 2.05) is 19.1 Å². The van der Waals surface area contributed by atoms with Crippen LogP contribution < -0.4 is 0 Å². The molecule has 3 aromatic heterocycles. The zero-order chi connectivity index (χ0) is 11.8. The van der Waals surface area contributed by atoms with Crippen LogP contribution >= 0.6 is 11.3 Å². The summed E-state index contributed by atoms with van der Waals surface area (Å²) in [6.07, 6.45) is 0. The lowest BCUT2D eigenvalue weighted by molar-refractivity contribution is 0.461. The number of nitrogens with zero attached hydrogens (tertiary/aromatic N) is 4. The summed E-state index contributed by atoms with van der Waals surface area (Å²) in [5.74, 6) is 0.348. The first-order chi connectivity index (χ1) is 8.24. The SMILES string of the molecule is Cc1cccc(-c2nc(O)c3scnc3n2)n1. The number of aryl methyl sites for hydroxylation is 1. The number of pyridine rings is 1. The van der Waals surface area contributed by atoms with Crippen molar-refractivity contribution in [1.82, 2.24) is 19.9 Å². The fourth-order valence-corrected chi connectivity index (χ4v) is 2.14. The molecular formula is C11H8N4OS. The molecule has 0 amide bonds. The van der Waals surface area contributed by atoms with E-state index in [0.29, 0.717) is 21.9 Å². The van der Waals surface area contributed by atoms with E-state index in [0.717, 1.165) is 5.69 Å². The lowest BCUT2D eigenvalue weighted by Crippen LogP contribution is -1.93. The van der Waals surface area contributed by atoms with E-state index in [9.17, 15) is 5.11 Å². The lowest BCUT2D eigenvalue weighted by Gasteiger charge is -2.01. The first kappa shape index (κ1) is 10.1. The van der Waals surface area contributed by atoms with Gasteiger partial charge < -0.3 is 5.11 Å². The molecule has 3 aromatic rings. The maximum absolute atomic E-state index is 9.76. The molecule has 3 heterocycles. The number of hydrogen-bond donors (Lipinski definition) is 1. The molecule has 0 bridgehead atoms. The summed E-state index contributed by atoms with van der Waals surface area (Å²) >= 11 is 1.31. The van der Waals surface area contributed by atoms with Crippen molar-refractivity contribution in [3.8, 4) is 17.4 Å². The third-order valence-corrected chi connectivity index (χ3v) is 3.10. The van der Waals surface area contributed by atoms with Gasteiger partial charge in [-0.15, -0.1) is 11.3 Å². The zero-order valence-corrected chi connectivity index (χ0v) is 9.77. The van der Waals surface area contributed by atoms with E-state index in [-0.39, 0.29) is 5.88 Å². The van der Waals surface area contributed by atoms with Gasteiger partial charge in [0.25, 0.3) is 0 Å². The summed E-state index contributed by atoms with van der Waals surface area (Å²) in [4.78, 5) is 16.7. The van der Waals surface area contributed by atoms with Crippen LogP contribution in [0, 0.1) is 6.92 Å². The predicted octanol–water partition coefficient (Wildman–Crippen LogP) is 2.16. The van der Waals surface area contributed by atoms with E-state index < -0.39 is 0 Å². The largest absolute Gasteiger partial charge is 0.492 e. The molecule has 0 fully saturated rings. The highest BCUT2D eigenvalue weighted by Gasteiger charge is 2.11. The fourth-order valence-electron chi connectivity index (χ4n) is 1.53. The summed E-state index contributed by atoms with van der Waals surface area (Å²) in [5.41, 5.74) is 3.65. The van der Waals surface area contributed by atoms with Crippen LogP contribution in [0.1, 0.15) is 5.69 Å². The molecule has 84 valence electrons. The Hall–Kier alpha value is -2.08. The van der Waals surface area contributed by atoms with E-state index in [2.05, 4.69) is 19.9 Å². The van der Waals surface area contributed by atoms with Crippen molar-refractivity contribution in [2.24, 2.45) is 0 Å². The predicted molar refractivity (Wildman–Crippen MR) is 64.8 cm³/mol. The first-order valence-electron chi connectivity index (χ1n) is 4.98. The molecule has 3 rings (SSSR count). The van der Waals surface area contributed by atoms with Crippen molar-refractivity contribution in [2.75, 3.05) is 0 Å². The standard InChI is InChI=1S/C11H8N4OS/c1-6-3-2-4-7(13-6)9-14-10-8(11(16)15-9)17-5-12-10/h2-5H,1H3,(H,14,15,16). The Balaban J connectivity index is 2.23. The highest BCUT2D eigenvalue weighted by molar-refractivity contribution is 7.17. The average Bonchev–Trinajstić information content (AvgIpc) is 2.77. The van der Waals surface area contributed by atoms with E-state index in [4.69, 9.17) is 0 Å². The van der Waals surface area contributed by atoms with Crippen LogP contribution in [-0.2, 0) is 0 Å². The van der Waals surface area contributed by atoms with Gasteiger partial charge in [-0.1, -0.05) is 6.07 Å². The molecule has 5 nitrogen and oxygen atoms in total. The Morgan fingerprint density at radius 3 is 2.88 bits per heavy atom. The minimum atomic E-state index is -0.0455. The summed E-state index contributed by atoms with van der Waals surface area (Å²) in [7, 11) is 0. The van der Waals surface area contributed by atoms with Gasteiger partial charge in [0, 0.05) is 5.69 Å². The zero-order valence-electron chi connectivity index (χ0n) is 8.95. The molecule has 0 aliphatic rings. The van der Waals surface area contributed by atoms with Gasteiger partial charge in [0.1, 0.15) is 10.4 Å². The monoisotopic (exact) mass is 244 g/mol. The van der Waals surface area contributed by atoms with E-state index >= 15 is 0 Å². The highest BCUT2D eigenvalue weighted by Crippen LogP contribution is 2.27. The van der Waals surface area contributed by atoms with Crippen molar-refractivity contribution in [3.63, 3.8) is 0 Å². The average molecular weight is 244 g/mol. The topological polar surface area (TPSA) is 71.8 Å². The number of aromatic hydroxyl groups is 1. The Kier molecular flexibility index (Phi) is 2.22. The summed E-state index contributed by atoms with van der Waals surface area (Å²) < 4.78 is 0.599. The van der Waals surface area contributed by atoms with Gasteiger partial charge in [0.2, 0.25) is 5.88 Å². The molecule has 0 atom stereocenters. The van der Waals surface area contributed by atoms with Gasteiger partial charge in [0.05, 0.1) is 5.51 Å². The first-order valence-corrected chi connectivity index (χ1v) is 5.86. The minimum Gasteiger partial charge on any atom is -0.492 e. The van der Waals surface area contributed by atoms with Crippen LogP contribution in [0.4, 0.5) is 0 Å². The van der Waals surface area contributed by atoms with E-state index in [1.165, 1.54) is 11.3 Å². The number of rotatable bonds is 1. The smallest absolute Gasteiger partial charge is 0.234 e. The second kappa shape index (κ2) is 3.74. The number of aromatic nitrogens is 4. The Morgan fingerprint density at radius 2 is 2.06 bits per heavy atom. The summed E-state index contributed by atoms with van der Waals surface area (Å²) in [6, 6.07) is 5.58. The highest BCUT2D eigenvalue weighted by atomic mass is 32.1. The van der Waals surface area contributed by atoms with Crippen molar-refractivity contribution in [3.05, 3.63) is 29.4 Å². The summed E-state index contributed by atoms with van der Waals surface area (Å²) in [6.45, 7) is 1.89. The second-order valence-corrected chi connectivity index (χ2v) is 4.39. The van der Waals surface area contributed by atoms with E-state index in [1.54, 1.807) is 11.6 Å². The molecule has 0 radical (unpaired) electrons. The second-order valence-electron chi connectivity index (χ2n) is 3.54. The van der Waals surface area contributed by atoms with Crippen LogP contribution in [0.5, 0.6) is 5.88 Å². The molecule has 0 aliphatic carbocycles. The van der Waals surface area contributed by atoms with Crippen LogP contribution in [0.2, 0.25) is 0 Å². The maximum Gasteiger partial charge on any atom is 0.234 e. The Labute approximate surface area is 101 Å². The molecule has 17 heavy (non-hydrogen) atoms. The fraction of sp³-hybridized carbons (Fsp3) is 0.0909. The Morgan fingerprint density at radius 1 is 1.18 bits per heavy atom. The van der Waals surface area contributed by atoms with Gasteiger partial charge >= 0.3 is 0 Å². The maximum atomic E-state index is 9.76. The van der Waals surface area contributed by atoms with Gasteiger partial charge in [-0.25, -0.2) is 15.0 Å². The number of hydrogen-bond acceptors (Lipinski definition) is 6. The molecule has 1 N–H and O–H groups in total. The van der Waals surface area contributed by atoms with Gasteiger partial charge in [0.15, 0.2) is 11.5 Å². The van der Waals surface area contributed by atoms with Crippen molar-refractivity contribution >= 4 is 21.7 Å². The summed E-state index contributed by atoms with van der Waals surface area (Å²) in [5, 5.41) is 9.76. The van der Waals surface area contributed by atoms with Crippen LogP contribution in [-0.4, -0.2) is 25.0 Å². The van der Waals surface area contributed by atoms with Gasteiger partial charge in [-0.2, -0.15) is 4.98 Å². The van der Waals surface area contributed by atoms with Crippen LogP contribution in [0.25, 0.3) is 21.9 Å². The van der Waals surface area contributed by atoms with Crippen molar-refractivity contribution in [1.29, 1.82) is 0 Å². The molecular weight excluding hydrogens is 236 g/mol. The third kappa shape index (κ3) is 1.72. The van der Waals surface area contributed by atoms with Gasteiger partial charge in [-0.05, 0) is 19.1 Å². The molecule has 0 unspecified atom stereocenters. The van der Waals surface area contributed by atoms with Gasteiger partial charge in [-0.3, -0.25) is 0 Å². The molecule has 0 aromatic carbocycles. The van der Waals surface area contributed by atoms with Crippen molar-refractivity contribution < 1.29 is 5.11 Å². The van der Waals surface area contributed by atoms with Crippen LogP contribution in [0.15, 0.2) is 23.7 Å². The molecule has 6 heteroatoms. The number of thiazole rings is 1. The number of fused-ring (bicyclic) bond motifs is 1. The third-order valence-electron chi connectivity index (χ3n) is 2.29. The van der Waals surface area contributed by atoms with Crippen molar-refractivity contribution in [2.45, 2.75) is 6.92 Å². The quantitative estimate of drug-likeness (QED) is 0.710.